The minimum atomic E-state index is 0.335. The summed E-state index contributed by atoms with van der Waals surface area (Å²) in [5.41, 5.74) is 7.51. The van der Waals surface area contributed by atoms with E-state index in [1.54, 1.807) is 0 Å². The van der Waals surface area contributed by atoms with Crippen LogP contribution in [0, 0.1) is 5.92 Å². The summed E-state index contributed by atoms with van der Waals surface area (Å²) in [5.74, 6) is 1.64. The topological polar surface area (TPSA) is 24.4 Å². The minimum Gasteiger partial charge on any atom is -0.378 e. The van der Waals surface area contributed by atoms with Crippen molar-refractivity contribution in [3.63, 3.8) is 0 Å². The van der Waals surface area contributed by atoms with Crippen LogP contribution in [-0.2, 0) is 0 Å². The fraction of sp³-hybridized carbons (Fsp3) is 0.250. The maximum Gasteiger partial charge on any atom is 0.0630 e. The fourth-order valence-electron chi connectivity index (χ4n) is 4.76. The van der Waals surface area contributed by atoms with E-state index >= 15 is 0 Å². The molecule has 0 saturated heterocycles. The molecule has 0 amide bonds. The molecule has 1 heterocycles. The molecule has 150 valence electrons. The quantitative estimate of drug-likeness (QED) is 0.363. The molecule has 0 saturated carbocycles. The molecule has 1 aliphatic carbocycles. The Kier molecular flexibility index (Phi) is 5.00. The first-order valence-corrected chi connectivity index (χ1v) is 10.9. The number of benzene rings is 3. The highest BCUT2D eigenvalue weighted by molar-refractivity contribution is 5.82. The molecule has 3 atom stereocenters. The van der Waals surface area contributed by atoms with Crippen LogP contribution < -0.4 is 5.32 Å². The maximum atomic E-state index is 4.68. The predicted octanol–water partition coefficient (Wildman–Crippen LogP) is 7.39. The van der Waals surface area contributed by atoms with Crippen molar-refractivity contribution >= 4 is 17.6 Å². The van der Waals surface area contributed by atoms with Crippen LogP contribution in [0.4, 0.5) is 11.4 Å². The van der Waals surface area contributed by atoms with E-state index in [-0.39, 0.29) is 0 Å². The van der Waals surface area contributed by atoms with Crippen molar-refractivity contribution in [3.05, 3.63) is 107 Å². The van der Waals surface area contributed by atoms with Crippen molar-refractivity contribution in [3.8, 4) is 0 Å². The molecule has 0 fully saturated rings. The van der Waals surface area contributed by atoms with Crippen LogP contribution in [0.25, 0.3) is 0 Å². The lowest BCUT2D eigenvalue weighted by atomic mass is 9.77. The summed E-state index contributed by atoms with van der Waals surface area (Å²) < 4.78 is 0. The van der Waals surface area contributed by atoms with Gasteiger partial charge in [0.1, 0.15) is 0 Å². The highest BCUT2D eigenvalue weighted by Crippen LogP contribution is 2.49. The molecule has 2 aliphatic rings. The van der Waals surface area contributed by atoms with Crippen LogP contribution in [0.1, 0.15) is 60.4 Å². The van der Waals surface area contributed by atoms with Gasteiger partial charge in [0.15, 0.2) is 0 Å². The number of aliphatic imine (C=N–C) groups is 1. The van der Waals surface area contributed by atoms with Gasteiger partial charge in [0.2, 0.25) is 0 Å². The Balaban J connectivity index is 1.34. The van der Waals surface area contributed by atoms with Crippen molar-refractivity contribution in [1.82, 2.24) is 0 Å². The molecule has 3 aromatic carbocycles. The Bertz CT molecular complexity index is 1070. The first kappa shape index (κ1) is 18.9. The second kappa shape index (κ2) is 7.95. The number of hydrogen-bond acceptors (Lipinski definition) is 2. The maximum absolute atomic E-state index is 4.68. The number of fused-ring (bicyclic) bond motifs is 3. The van der Waals surface area contributed by atoms with Crippen molar-refractivity contribution in [2.75, 3.05) is 5.32 Å². The summed E-state index contributed by atoms with van der Waals surface area (Å²) in [6.07, 6.45) is 7.81. The smallest absolute Gasteiger partial charge is 0.0630 e. The first-order chi connectivity index (χ1) is 14.7. The Morgan fingerprint density at radius 3 is 2.47 bits per heavy atom. The average molecular weight is 393 g/mol. The largest absolute Gasteiger partial charge is 0.378 e. The van der Waals surface area contributed by atoms with Gasteiger partial charge in [-0.2, -0.15) is 0 Å². The van der Waals surface area contributed by atoms with Gasteiger partial charge in [0.25, 0.3) is 0 Å². The van der Waals surface area contributed by atoms with Gasteiger partial charge >= 0.3 is 0 Å². The van der Waals surface area contributed by atoms with Crippen molar-refractivity contribution < 1.29 is 0 Å². The van der Waals surface area contributed by atoms with Crippen LogP contribution in [-0.4, -0.2) is 6.21 Å². The third-order valence-electron chi connectivity index (χ3n) is 6.49. The van der Waals surface area contributed by atoms with Gasteiger partial charge in [0.05, 0.1) is 11.7 Å². The highest BCUT2D eigenvalue weighted by Gasteiger charge is 2.37. The summed E-state index contributed by atoms with van der Waals surface area (Å²) in [5, 5.41) is 3.80. The molecule has 2 nitrogen and oxygen atoms in total. The zero-order chi connectivity index (χ0) is 20.5. The zero-order valence-electron chi connectivity index (χ0n) is 17.6. The van der Waals surface area contributed by atoms with E-state index in [1.807, 2.05) is 6.21 Å². The van der Waals surface area contributed by atoms with Crippen molar-refractivity contribution in [1.29, 1.82) is 0 Å². The van der Waals surface area contributed by atoms with Gasteiger partial charge in [-0.25, -0.2) is 0 Å². The number of allylic oxidation sites excluding steroid dienone is 2. The van der Waals surface area contributed by atoms with Crippen LogP contribution >= 0.6 is 0 Å². The molecule has 2 heteroatoms. The van der Waals surface area contributed by atoms with Crippen molar-refractivity contribution in [2.45, 2.75) is 38.1 Å². The van der Waals surface area contributed by atoms with Crippen LogP contribution in [0.3, 0.4) is 0 Å². The van der Waals surface area contributed by atoms with Crippen LogP contribution in [0.5, 0.6) is 0 Å². The van der Waals surface area contributed by atoms with Gasteiger partial charge in [-0.15, -0.1) is 0 Å². The second-order valence-corrected chi connectivity index (χ2v) is 8.73. The number of hydrogen-bond donors (Lipinski definition) is 1. The first-order valence-electron chi connectivity index (χ1n) is 10.9. The average Bonchev–Trinajstić information content (AvgIpc) is 3.28. The van der Waals surface area contributed by atoms with E-state index in [0.717, 1.165) is 17.7 Å². The number of rotatable bonds is 4. The second-order valence-electron chi connectivity index (χ2n) is 8.73. The molecule has 3 aromatic rings. The van der Waals surface area contributed by atoms with E-state index in [2.05, 4.69) is 109 Å². The molecule has 5 rings (SSSR count). The van der Waals surface area contributed by atoms with Gasteiger partial charge in [0, 0.05) is 17.8 Å². The highest BCUT2D eigenvalue weighted by atomic mass is 15.0. The molecule has 1 N–H and O–H groups in total. The van der Waals surface area contributed by atoms with E-state index in [4.69, 9.17) is 0 Å². The number of nitrogens with zero attached hydrogens (tertiary/aromatic N) is 1. The molecule has 0 unspecified atom stereocenters. The Morgan fingerprint density at radius 1 is 0.933 bits per heavy atom. The molecule has 30 heavy (non-hydrogen) atoms. The Morgan fingerprint density at radius 2 is 1.70 bits per heavy atom. The van der Waals surface area contributed by atoms with E-state index < -0.39 is 0 Å². The van der Waals surface area contributed by atoms with Gasteiger partial charge < -0.3 is 5.32 Å². The summed E-state index contributed by atoms with van der Waals surface area (Å²) in [4.78, 5) is 4.68. The normalized spacial score (nSPS) is 22.2. The monoisotopic (exact) mass is 392 g/mol. The standard InChI is InChI=1S/C28H28N2/c1-19(2)21-12-10-20(11-13-21)18-29-23-16-14-22(15-17-23)28-26-8-5-7-24(26)25-6-3-4-9-27(25)30-28/h3-7,9-19,24,26,28,30H,8H2,1-2H3/t24-,26-,28+/m1/s1. The van der Waals surface area contributed by atoms with Crippen LogP contribution in [0.2, 0.25) is 0 Å². The third-order valence-corrected chi connectivity index (χ3v) is 6.49. The number of anilines is 1. The van der Waals surface area contributed by atoms with Gasteiger partial charge in [-0.1, -0.05) is 80.6 Å². The summed E-state index contributed by atoms with van der Waals surface area (Å²) >= 11 is 0. The Labute approximate surface area is 179 Å². The summed E-state index contributed by atoms with van der Waals surface area (Å²) in [6, 6.07) is 26.5. The number of nitrogens with one attached hydrogen (secondary N) is 1. The Hall–Kier alpha value is -3.13. The summed E-state index contributed by atoms with van der Waals surface area (Å²) in [6.45, 7) is 4.43. The van der Waals surface area contributed by atoms with E-state index in [0.29, 0.717) is 23.8 Å². The SMILES string of the molecule is CC(C)c1ccc(C=Nc2ccc([C@@H]3Nc4ccccc4[C@H]4C=CC[C@H]43)cc2)cc1. The molecule has 0 aromatic heterocycles. The molecule has 0 radical (unpaired) electrons. The van der Waals surface area contributed by atoms with Gasteiger partial charge in [-0.05, 0) is 58.7 Å². The lowest BCUT2D eigenvalue weighted by molar-refractivity contribution is 0.425. The van der Waals surface area contributed by atoms with Crippen LogP contribution in [0.15, 0.2) is 89.9 Å². The van der Waals surface area contributed by atoms with Crippen molar-refractivity contribution in [2.24, 2.45) is 10.9 Å². The molecule has 1 aliphatic heterocycles. The van der Waals surface area contributed by atoms with E-state index in [1.165, 1.54) is 22.4 Å². The molecular formula is C28H28N2. The fourth-order valence-corrected chi connectivity index (χ4v) is 4.76. The zero-order valence-corrected chi connectivity index (χ0v) is 17.6. The lowest BCUT2D eigenvalue weighted by Crippen LogP contribution is -2.28. The summed E-state index contributed by atoms with van der Waals surface area (Å²) in [7, 11) is 0. The predicted molar refractivity (Wildman–Crippen MR) is 127 cm³/mol. The van der Waals surface area contributed by atoms with Gasteiger partial charge in [-0.3, -0.25) is 4.99 Å². The van der Waals surface area contributed by atoms with E-state index in [9.17, 15) is 0 Å². The number of para-hydroxylation sites is 1. The molecule has 0 spiro atoms. The lowest BCUT2D eigenvalue weighted by Gasteiger charge is -2.37. The minimum absolute atomic E-state index is 0.335. The molecule has 0 bridgehead atoms. The third kappa shape index (κ3) is 3.59. The molecular weight excluding hydrogens is 364 g/mol.